The number of hydrazone groups is 1. The molecule has 0 aliphatic heterocycles. The second kappa shape index (κ2) is 6.53. The Balaban J connectivity index is 2.90. The molecule has 1 rings (SSSR count). The van der Waals surface area contributed by atoms with Crippen LogP contribution in [0.25, 0.3) is 0 Å². The number of hydrogen-bond donors (Lipinski definition) is 1. The fourth-order valence-corrected chi connectivity index (χ4v) is 1.20. The molecule has 0 atom stereocenters. The maximum atomic E-state index is 12.2. The van der Waals surface area contributed by atoms with Crippen molar-refractivity contribution in [1.82, 2.24) is 5.43 Å². The van der Waals surface area contributed by atoms with Crippen LogP contribution in [0.1, 0.15) is 12.5 Å². The molecule has 1 N–H and O–H groups in total. The van der Waals surface area contributed by atoms with Crippen molar-refractivity contribution in [2.75, 3.05) is 7.11 Å². The smallest absolute Gasteiger partial charge is 0.427 e. The van der Waals surface area contributed by atoms with Crippen molar-refractivity contribution in [1.29, 1.82) is 0 Å². The van der Waals surface area contributed by atoms with E-state index in [2.05, 4.69) is 20.0 Å². The molecule has 1 amide bonds. The predicted molar refractivity (Wildman–Crippen MR) is 60.8 cm³/mol. The molecule has 0 aliphatic rings. The van der Waals surface area contributed by atoms with E-state index in [9.17, 15) is 13.6 Å². The van der Waals surface area contributed by atoms with Crippen LogP contribution in [-0.2, 0) is 4.74 Å². The number of carbonyl (C=O) groups excluding carboxylic acids is 1. The molecule has 5 nitrogen and oxygen atoms in total. The zero-order valence-corrected chi connectivity index (χ0v) is 9.81. The number of hydrogen-bond acceptors (Lipinski definition) is 4. The van der Waals surface area contributed by atoms with E-state index in [1.807, 2.05) is 0 Å². The van der Waals surface area contributed by atoms with Crippen LogP contribution in [0.3, 0.4) is 0 Å². The van der Waals surface area contributed by atoms with Gasteiger partial charge in [-0.1, -0.05) is 12.1 Å². The Morgan fingerprint density at radius 2 is 2.06 bits per heavy atom. The maximum Gasteiger partial charge on any atom is 0.427 e. The van der Waals surface area contributed by atoms with E-state index in [-0.39, 0.29) is 5.75 Å². The lowest BCUT2D eigenvalue weighted by molar-refractivity contribution is -0.0499. The summed E-state index contributed by atoms with van der Waals surface area (Å²) in [5.74, 6) is -0.0135. The summed E-state index contributed by atoms with van der Waals surface area (Å²) >= 11 is 0. The number of methoxy groups -OCH3 is 1. The van der Waals surface area contributed by atoms with E-state index in [4.69, 9.17) is 0 Å². The molecular formula is C11H12F2N2O3. The molecule has 98 valence electrons. The van der Waals surface area contributed by atoms with Crippen LogP contribution < -0.4 is 10.2 Å². The van der Waals surface area contributed by atoms with Crippen LogP contribution >= 0.6 is 0 Å². The van der Waals surface area contributed by atoms with Gasteiger partial charge < -0.3 is 9.47 Å². The summed E-state index contributed by atoms with van der Waals surface area (Å²) in [6.45, 7) is -1.38. The lowest BCUT2D eigenvalue weighted by atomic mass is 10.1. The van der Waals surface area contributed by atoms with Crippen LogP contribution in [0.15, 0.2) is 29.4 Å². The molecule has 18 heavy (non-hydrogen) atoms. The summed E-state index contributed by atoms with van der Waals surface area (Å²) in [5, 5.41) is 3.70. The molecule has 0 aliphatic carbocycles. The van der Waals surface area contributed by atoms with Gasteiger partial charge in [0, 0.05) is 5.56 Å². The maximum absolute atomic E-state index is 12.2. The van der Waals surface area contributed by atoms with Crippen LogP contribution in [-0.4, -0.2) is 25.5 Å². The van der Waals surface area contributed by atoms with Gasteiger partial charge in [0.05, 0.1) is 12.8 Å². The molecule has 7 heteroatoms. The molecule has 1 aromatic carbocycles. The minimum Gasteiger partial charge on any atom is -0.452 e. The Hall–Kier alpha value is -2.18. The highest BCUT2D eigenvalue weighted by atomic mass is 19.3. The highest BCUT2D eigenvalue weighted by Gasteiger charge is 2.11. The number of benzene rings is 1. The van der Waals surface area contributed by atoms with Gasteiger partial charge in [-0.25, -0.2) is 10.2 Å². The first-order chi connectivity index (χ1) is 8.54. The van der Waals surface area contributed by atoms with Crippen molar-refractivity contribution in [3.05, 3.63) is 29.8 Å². The number of rotatable bonds is 4. The number of halogens is 2. The molecule has 0 unspecified atom stereocenters. The van der Waals surface area contributed by atoms with Crippen molar-refractivity contribution in [2.24, 2.45) is 5.10 Å². The van der Waals surface area contributed by atoms with E-state index in [1.54, 1.807) is 25.1 Å². The van der Waals surface area contributed by atoms with Gasteiger partial charge in [-0.3, -0.25) is 0 Å². The molecule has 0 fully saturated rings. The Kier molecular flexibility index (Phi) is 5.04. The SMILES string of the molecule is COC(=O)NN=C(C)c1ccccc1OC(F)F. The van der Waals surface area contributed by atoms with Crippen LogP contribution in [0.4, 0.5) is 13.6 Å². The van der Waals surface area contributed by atoms with Gasteiger partial charge >= 0.3 is 12.7 Å². The van der Waals surface area contributed by atoms with Gasteiger partial charge in [-0.05, 0) is 19.1 Å². The third kappa shape index (κ3) is 4.00. The molecule has 0 saturated carbocycles. The number of para-hydroxylation sites is 1. The summed E-state index contributed by atoms with van der Waals surface area (Å²) in [5.41, 5.74) is 2.77. The molecule has 0 saturated heterocycles. The van der Waals surface area contributed by atoms with E-state index in [1.165, 1.54) is 13.2 Å². The van der Waals surface area contributed by atoms with Gasteiger partial charge in [-0.15, -0.1) is 0 Å². The highest BCUT2D eigenvalue weighted by Crippen LogP contribution is 2.20. The third-order valence-corrected chi connectivity index (χ3v) is 1.99. The zero-order valence-electron chi connectivity index (χ0n) is 9.81. The Bertz CT molecular complexity index is 450. The minimum absolute atomic E-state index is 0.0135. The van der Waals surface area contributed by atoms with Crippen molar-refractivity contribution in [3.63, 3.8) is 0 Å². The topological polar surface area (TPSA) is 59.9 Å². The van der Waals surface area contributed by atoms with E-state index >= 15 is 0 Å². The number of nitrogens with zero attached hydrogens (tertiary/aromatic N) is 1. The number of amides is 1. The molecule has 1 aromatic rings. The Morgan fingerprint density at radius 3 is 2.67 bits per heavy atom. The first kappa shape index (κ1) is 13.9. The molecule has 0 spiro atoms. The summed E-state index contributed by atoms with van der Waals surface area (Å²) in [4.78, 5) is 10.8. The average molecular weight is 258 g/mol. The Morgan fingerprint density at radius 1 is 1.39 bits per heavy atom. The standard InChI is InChI=1S/C11H12F2N2O3/c1-7(14-15-11(16)17-2)8-5-3-4-6-9(8)18-10(12)13/h3-6,10H,1-2H3,(H,15,16). The number of nitrogens with one attached hydrogen (secondary N) is 1. The van der Waals surface area contributed by atoms with Crippen molar-refractivity contribution < 1.29 is 23.0 Å². The van der Waals surface area contributed by atoms with Gasteiger partial charge in [0.2, 0.25) is 0 Å². The van der Waals surface area contributed by atoms with Crippen molar-refractivity contribution in [2.45, 2.75) is 13.5 Å². The van der Waals surface area contributed by atoms with Crippen LogP contribution in [0.5, 0.6) is 5.75 Å². The van der Waals surface area contributed by atoms with Gasteiger partial charge in [0.1, 0.15) is 5.75 Å². The summed E-state index contributed by atoms with van der Waals surface area (Å²) < 4.78 is 33.0. The van der Waals surface area contributed by atoms with Crippen molar-refractivity contribution in [3.8, 4) is 5.75 Å². The first-order valence-electron chi connectivity index (χ1n) is 4.97. The second-order valence-electron chi connectivity index (χ2n) is 3.18. The number of ether oxygens (including phenoxy) is 2. The third-order valence-electron chi connectivity index (χ3n) is 1.99. The van der Waals surface area contributed by atoms with E-state index in [0.29, 0.717) is 11.3 Å². The summed E-state index contributed by atoms with van der Waals surface area (Å²) in [6, 6.07) is 6.14. The van der Waals surface area contributed by atoms with E-state index < -0.39 is 12.7 Å². The van der Waals surface area contributed by atoms with Crippen LogP contribution in [0.2, 0.25) is 0 Å². The second-order valence-corrected chi connectivity index (χ2v) is 3.18. The average Bonchev–Trinajstić information content (AvgIpc) is 2.35. The molecule has 0 aromatic heterocycles. The van der Waals surface area contributed by atoms with Gasteiger partial charge in [0.15, 0.2) is 0 Å². The normalized spacial score (nSPS) is 11.3. The lowest BCUT2D eigenvalue weighted by Gasteiger charge is -2.10. The van der Waals surface area contributed by atoms with Crippen molar-refractivity contribution >= 4 is 11.8 Å². The zero-order chi connectivity index (χ0) is 13.5. The first-order valence-corrected chi connectivity index (χ1v) is 4.97. The van der Waals surface area contributed by atoms with Gasteiger partial charge in [0.25, 0.3) is 0 Å². The van der Waals surface area contributed by atoms with Gasteiger partial charge in [-0.2, -0.15) is 13.9 Å². The molecule has 0 radical (unpaired) electrons. The largest absolute Gasteiger partial charge is 0.452 e. The number of carbonyl (C=O) groups is 1. The molecular weight excluding hydrogens is 246 g/mol. The van der Waals surface area contributed by atoms with Crippen LogP contribution in [0, 0.1) is 0 Å². The predicted octanol–water partition coefficient (Wildman–Crippen LogP) is 2.37. The lowest BCUT2D eigenvalue weighted by Crippen LogP contribution is -2.19. The molecule has 0 bridgehead atoms. The summed E-state index contributed by atoms with van der Waals surface area (Å²) in [7, 11) is 1.19. The molecule has 0 heterocycles. The Labute approximate surface area is 102 Å². The fraction of sp³-hybridized carbons (Fsp3) is 0.273. The highest BCUT2D eigenvalue weighted by molar-refractivity contribution is 6.01. The fourth-order valence-electron chi connectivity index (χ4n) is 1.20. The summed E-state index contributed by atoms with van der Waals surface area (Å²) in [6.07, 6.45) is -0.749. The monoisotopic (exact) mass is 258 g/mol. The quantitative estimate of drug-likeness (QED) is 0.666. The van der Waals surface area contributed by atoms with E-state index in [0.717, 1.165) is 0 Å². The minimum atomic E-state index is -2.92. The number of alkyl halides is 2.